The maximum atomic E-state index is 13.8. The highest BCUT2D eigenvalue weighted by atomic mass is 32.1. The van der Waals surface area contributed by atoms with Crippen LogP contribution in [0.4, 0.5) is 9.59 Å². The molecule has 4 amide bonds. The molecule has 2 aromatic carbocycles. The van der Waals surface area contributed by atoms with E-state index in [0.29, 0.717) is 38.8 Å². The lowest BCUT2D eigenvalue weighted by Crippen LogP contribution is -2.53. The Hall–Kier alpha value is -3.96. The first-order valence-electron chi connectivity index (χ1n) is 15.9. The van der Waals surface area contributed by atoms with Crippen LogP contribution in [0.25, 0.3) is 0 Å². The predicted octanol–water partition coefficient (Wildman–Crippen LogP) is 4.53. The van der Waals surface area contributed by atoms with E-state index in [9.17, 15) is 19.5 Å². The van der Waals surface area contributed by atoms with Gasteiger partial charge in [0.1, 0.15) is 12.6 Å². The van der Waals surface area contributed by atoms with Crippen LogP contribution in [0.1, 0.15) is 54.5 Å². The van der Waals surface area contributed by atoms with Crippen LogP contribution in [0.3, 0.4) is 0 Å². The summed E-state index contributed by atoms with van der Waals surface area (Å²) in [5, 5.41) is 16.8. The van der Waals surface area contributed by atoms with Gasteiger partial charge < -0.3 is 30.3 Å². The molecule has 0 saturated carbocycles. The number of amides is 4. The van der Waals surface area contributed by atoms with Crippen LogP contribution in [0, 0.1) is 0 Å². The number of aliphatic hydroxyl groups excluding tert-OH is 1. The minimum absolute atomic E-state index is 0.154. The van der Waals surface area contributed by atoms with Gasteiger partial charge in [-0.05, 0) is 56.1 Å². The van der Waals surface area contributed by atoms with Crippen molar-refractivity contribution in [2.75, 3.05) is 19.6 Å². The highest BCUT2D eigenvalue weighted by Crippen LogP contribution is 2.23. The summed E-state index contributed by atoms with van der Waals surface area (Å²) in [6.45, 7) is 1.67. The lowest BCUT2D eigenvalue weighted by atomic mass is 9.95. The molecule has 0 bridgehead atoms. The molecular formula is C34H43N5O5S. The van der Waals surface area contributed by atoms with Crippen molar-refractivity contribution in [1.82, 2.24) is 25.4 Å². The van der Waals surface area contributed by atoms with Gasteiger partial charge in [0.25, 0.3) is 0 Å². The summed E-state index contributed by atoms with van der Waals surface area (Å²) >= 11 is 1.43. The average Bonchev–Trinajstić information content (AvgIpc) is 3.73. The third kappa shape index (κ3) is 9.76. The second kappa shape index (κ2) is 16.4. The van der Waals surface area contributed by atoms with Crippen molar-refractivity contribution < 1.29 is 24.2 Å². The minimum atomic E-state index is -0.738. The summed E-state index contributed by atoms with van der Waals surface area (Å²) in [6, 6.07) is 18.5. The highest BCUT2D eigenvalue weighted by Gasteiger charge is 2.41. The second-order valence-corrected chi connectivity index (χ2v) is 12.9. The molecule has 11 heteroatoms. The minimum Gasteiger partial charge on any atom is -0.444 e. The number of β-amino-alcohol motifs (C(OH)–C–C–N with tert-alkyl or cyclic N) is 1. The Labute approximate surface area is 268 Å². The number of aromatic nitrogens is 1. The van der Waals surface area contributed by atoms with Gasteiger partial charge in [-0.15, -0.1) is 11.3 Å². The Bertz CT molecular complexity index is 1350. The SMILES string of the molecule is O=C(N[C@@H](CC[C@@H](Cc1ccccc1)NC(=O)[C@@H]1C[C@@H](O)CN1C(=O)N1CCCCC1)Cc1ccccc1)OCc1cncs1. The highest BCUT2D eigenvalue weighted by molar-refractivity contribution is 7.09. The molecule has 0 aliphatic carbocycles. The van der Waals surface area contributed by atoms with E-state index in [1.54, 1.807) is 21.5 Å². The second-order valence-electron chi connectivity index (χ2n) is 11.9. The Balaban J connectivity index is 1.26. The Morgan fingerprint density at radius 1 is 0.911 bits per heavy atom. The largest absolute Gasteiger partial charge is 0.444 e. The third-order valence-corrected chi connectivity index (χ3v) is 9.22. The van der Waals surface area contributed by atoms with Gasteiger partial charge in [0, 0.05) is 44.3 Å². The molecule has 2 aliphatic heterocycles. The number of nitrogens with one attached hydrogen (secondary N) is 2. The molecule has 240 valence electrons. The van der Waals surface area contributed by atoms with Gasteiger partial charge in [-0.1, -0.05) is 60.7 Å². The van der Waals surface area contributed by atoms with Crippen molar-refractivity contribution in [2.45, 2.75) is 82.2 Å². The van der Waals surface area contributed by atoms with E-state index in [1.165, 1.54) is 11.3 Å². The van der Waals surface area contributed by atoms with E-state index in [-0.39, 0.29) is 43.6 Å². The van der Waals surface area contributed by atoms with Crippen LogP contribution < -0.4 is 10.6 Å². The standard InChI is InChI=1S/C34H43N5O5S/c40-29-20-31(39(22-29)34(43)38-16-8-3-9-17-38)32(41)36-27(18-25-10-4-1-5-11-25)14-15-28(19-26-12-6-2-7-13-26)37-33(42)44-23-30-21-35-24-45-30/h1-2,4-7,10-13,21,24,27-29,31,40H,3,8-9,14-20,22-23H2,(H,36,41)(H,37,42)/t27-,28-,29+,31-/m0/s1. The first-order valence-corrected chi connectivity index (χ1v) is 16.7. The molecule has 3 N–H and O–H groups in total. The Morgan fingerprint density at radius 2 is 1.53 bits per heavy atom. The van der Waals surface area contributed by atoms with E-state index in [0.717, 1.165) is 35.3 Å². The summed E-state index contributed by atoms with van der Waals surface area (Å²) in [4.78, 5) is 48.2. The fourth-order valence-corrected chi connectivity index (χ4v) is 6.65. The van der Waals surface area contributed by atoms with Crippen LogP contribution in [0.5, 0.6) is 0 Å². The third-order valence-electron chi connectivity index (χ3n) is 8.46. The molecule has 4 atom stereocenters. The van der Waals surface area contributed by atoms with Crippen molar-refractivity contribution >= 4 is 29.4 Å². The number of rotatable bonds is 12. The van der Waals surface area contributed by atoms with E-state index in [4.69, 9.17) is 4.74 Å². The van der Waals surface area contributed by atoms with E-state index >= 15 is 0 Å². The molecular weight excluding hydrogens is 590 g/mol. The number of thiazole rings is 1. The van der Waals surface area contributed by atoms with Gasteiger partial charge in [0.2, 0.25) is 5.91 Å². The molecule has 0 unspecified atom stereocenters. The summed E-state index contributed by atoms with van der Waals surface area (Å²) in [7, 11) is 0. The zero-order valence-corrected chi connectivity index (χ0v) is 26.4. The molecule has 2 aliphatic rings. The predicted molar refractivity (Wildman–Crippen MR) is 173 cm³/mol. The van der Waals surface area contributed by atoms with Crippen LogP contribution in [0.15, 0.2) is 72.4 Å². The van der Waals surface area contributed by atoms with Crippen LogP contribution in [0.2, 0.25) is 0 Å². The molecule has 1 aromatic heterocycles. The molecule has 0 spiro atoms. The van der Waals surface area contributed by atoms with Crippen molar-refractivity contribution in [1.29, 1.82) is 0 Å². The number of urea groups is 1. The molecule has 5 rings (SSSR count). The van der Waals surface area contributed by atoms with Crippen LogP contribution in [-0.2, 0) is 29.0 Å². The monoisotopic (exact) mass is 633 g/mol. The zero-order chi connectivity index (χ0) is 31.4. The van der Waals surface area contributed by atoms with Gasteiger partial charge >= 0.3 is 12.1 Å². The smallest absolute Gasteiger partial charge is 0.407 e. The number of likely N-dealkylation sites (tertiary alicyclic amines) is 2. The molecule has 45 heavy (non-hydrogen) atoms. The maximum Gasteiger partial charge on any atom is 0.407 e. The fourth-order valence-electron chi connectivity index (χ4n) is 6.15. The fraction of sp³-hybridized carbons (Fsp3) is 0.471. The van der Waals surface area contributed by atoms with Crippen molar-refractivity contribution in [2.24, 2.45) is 0 Å². The van der Waals surface area contributed by atoms with Crippen molar-refractivity contribution in [3.8, 4) is 0 Å². The molecule has 3 heterocycles. The first kappa shape index (κ1) is 32.4. The van der Waals surface area contributed by atoms with Gasteiger partial charge in [0.05, 0.1) is 16.5 Å². The molecule has 3 aromatic rings. The first-order chi connectivity index (χ1) is 21.9. The number of carbonyl (C=O) groups excluding carboxylic acids is 3. The Morgan fingerprint density at radius 3 is 2.13 bits per heavy atom. The van der Waals surface area contributed by atoms with E-state index in [2.05, 4.69) is 15.6 Å². The quantitative estimate of drug-likeness (QED) is 0.269. The van der Waals surface area contributed by atoms with Gasteiger partial charge in [-0.3, -0.25) is 9.78 Å². The van der Waals surface area contributed by atoms with Crippen LogP contribution in [-0.4, -0.2) is 81.8 Å². The van der Waals surface area contributed by atoms with Gasteiger partial charge in [-0.25, -0.2) is 9.59 Å². The molecule has 0 radical (unpaired) electrons. The number of benzene rings is 2. The summed E-state index contributed by atoms with van der Waals surface area (Å²) in [5.74, 6) is -0.255. The molecule has 10 nitrogen and oxygen atoms in total. The summed E-state index contributed by atoms with van der Waals surface area (Å²) in [5.41, 5.74) is 3.86. The normalized spacial score (nSPS) is 19.5. The number of nitrogens with zero attached hydrogens (tertiary/aromatic N) is 3. The number of hydrogen-bond acceptors (Lipinski definition) is 7. The number of ether oxygens (including phenoxy) is 1. The average molecular weight is 634 g/mol. The van der Waals surface area contributed by atoms with Gasteiger partial charge in [0.15, 0.2) is 0 Å². The van der Waals surface area contributed by atoms with E-state index in [1.807, 2.05) is 60.7 Å². The number of carbonyl (C=O) groups is 3. The molecule has 2 fully saturated rings. The number of hydrogen-bond donors (Lipinski definition) is 3. The lowest BCUT2D eigenvalue weighted by Gasteiger charge is -2.34. The molecule has 2 saturated heterocycles. The van der Waals surface area contributed by atoms with Gasteiger partial charge in [-0.2, -0.15) is 0 Å². The summed E-state index contributed by atoms with van der Waals surface area (Å²) in [6.07, 6.45) is 6.04. The number of aliphatic hydroxyl groups is 1. The Kier molecular flexibility index (Phi) is 11.8. The zero-order valence-electron chi connectivity index (χ0n) is 25.6. The van der Waals surface area contributed by atoms with E-state index < -0.39 is 18.2 Å². The van der Waals surface area contributed by atoms with Crippen LogP contribution >= 0.6 is 11.3 Å². The lowest BCUT2D eigenvalue weighted by molar-refractivity contribution is -0.125. The van der Waals surface area contributed by atoms with Crippen molar-refractivity contribution in [3.05, 3.63) is 88.4 Å². The topological polar surface area (TPSA) is 124 Å². The maximum absolute atomic E-state index is 13.8. The number of alkyl carbamates (subject to hydrolysis) is 1. The van der Waals surface area contributed by atoms with Crippen molar-refractivity contribution in [3.63, 3.8) is 0 Å². The number of piperidine rings is 1. The summed E-state index contributed by atoms with van der Waals surface area (Å²) < 4.78 is 5.47.